The summed E-state index contributed by atoms with van der Waals surface area (Å²) in [6, 6.07) is 1.16. The molecule has 0 amide bonds. The molecule has 24 heavy (non-hydrogen) atoms. The number of aromatic nitrogens is 2. The van der Waals surface area contributed by atoms with Gasteiger partial charge in [0.1, 0.15) is 0 Å². The van der Waals surface area contributed by atoms with Crippen molar-refractivity contribution in [3.63, 3.8) is 0 Å². The molecule has 0 aliphatic heterocycles. The Morgan fingerprint density at radius 1 is 1.17 bits per heavy atom. The summed E-state index contributed by atoms with van der Waals surface area (Å²) in [7, 11) is 3.79. The van der Waals surface area contributed by atoms with Gasteiger partial charge in [0.25, 0.3) is 0 Å². The molecule has 0 aliphatic rings. The Labute approximate surface area is 147 Å². The van der Waals surface area contributed by atoms with E-state index in [2.05, 4.69) is 60.2 Å². The first kappa shape index (κ1) is 20.5. The predicted molar refractivity (Wildman–Crippen MR) is 102 cm³/mol. The van der Waals surface area contributed by atoms with Crippen molar-refractivity contribution in [1.29, 1.82) is 0 Å². The molecule has 0 saturated carbocycles. The number of hydrogen-bond acceptors (Lipinski definition) is 3. The summed E-state index contributed by atoms with van der Waals surface area (Å²) >= 11 is 0. The third kappa shape index (κ3) is 5.82. The highest BCUT2D eigenvalue weighted by Crippen LogP contribution is 2.11. The van der Waals surface area contributed by atoms with Crippen molar-refractivity contribution in [1.82, 2.24) is 25.3 Å². The number of nitrogens with zero attached hydrogens (tertiary/aromatic N) is 4. The Balaban J connectivity index is 2.41. The zero-order valence-electron chi connectivity index (χ0n) is 16.8. The van der Waals surface area contributed by atoms with Gasteiger partial charge in [-0.2, -0.15) is 5.10 Å². The number of aryl methyl sites for hydroxylation is 2. The maximum absolute atomic E-state index is 4.45. The SMILES string of the molecule is CN=C(NCCCN(C(C)C)C(C)C)NCc1c(C)nn(C)c1C. The topological polar surface area (TPSA) is 57.5 Å². The minimum atomic E-state index is 0.582. The Morgan fingerprint density at radius 2 is 1.79 bits per heavy atom. The first-order valence-corrected chi connectivity index (χ1v) is 8.97. The van der Waals surface area contributed by atoms with Crippen LogP contribution in [0.5, 0.6) is 0 Å². The van der Waals surface area contributed by atoms with Gasteiger partial charge >= 0.3 is 0 Å². The van der Waals surface area contributed by atoms with Crippen LogP contribution in [0.2, 0.25) is 0 Å². The van der Waals surface area contributed by atoms with Crippen LogP contribution in [0.1, 0.15) is 51.1 Å². The molecule has 1 aromatic heterocycles. The van der Waals surface area contributed by atoms with Crippen molar-refractivity contribution in [2.24, 2.45) is 12.0 Å². The van der Waals surface area contributed by atoms with Crippen molar-refractivity contribution in [3.05, 3.63) is 17.0 Å². The lowest BCUT2D eigenvalue weighted by molar-refractivity contribution is 0.173. The van der Waals surface area contributed by atoms with Gasteiger partial charge < -0.3 is 10.6 Å². The molecule has 6 nitrogen and oxygen atoms in total. The molecule has 0 aromatic carbocycles. The molecule has 0 spiro atoms. The molecule has 0 unspecified atom stereocenters. The van der Waals surface area contributed by atoms with Gasteiger partial charge in [0, 0.05) is 57.1 Å². The smallest absolute Gasteiger partial charge is 0.191 e. The third-order valence-electron chi connectivity index (χ3n) is 4.53. The van der Waals surface area contributed by atoms with E-state index in [1.165, 1.54) is 11.3 Å². The lowest BCUT2D eigenvalue weighted by Gasteiger charge is -2.30. The first-order valence-electron chi connectivity index (χ1n) is 8.97. The van der Waals surface area contributed by atoms with E-state index in [1.54, 1.807) is 0 Å². The van der Waals surface area contributed by atoms with Gasteiger partial charge in [-0.3, -0.25) is 14.6 Å². The van der Waals surface area contributed by atoms with E-state index in [0.717, 1.165) is 37.7 Å². The molecular formula is C18H36N6. The summed E-state index contributed by atoms with van der Waals surface area (Å²) in [5, 5.41) is 11.2. The van der Waals surface area contributed by atoms with Crippen molar-refractivity contribution in [2.75, 3.05) is 20.1 Å². The Bertz CT molecular complexity index is 522. The van der Waals surface area contributed by atoms with Crippen LogP contribution < -0.4 is 10.6 Å². The molecule has 1 aromatic rings. The van der Waals surface area contributed by atoms with Gasteiger partial charge in [0.2, 0.25) is 0 Å². The minimum Gasteiger partial charge on any atom is -0.356 e. The summed E-state index contributed by atoms with van der Waals surface area (Å²) in [6.45, 7) is 15.9. The number of nitrogens with one attached hydrogen (secondary N) is 2. The van der Waals surface area contributed by atoms with E-state index >= 15 is 0 Å². The second-order valence-electron chi connectivity index (χ2n) is 6.90. The molecule has 0 radical (unpaired) electrons. The van der Waals surface area contributed by atoms with Crippen LogP contribution in [0, 0.1) is 13.8 Å². The van der Waals surface area contributed by atoms with Gasteiger partial charge in [-0.05, 0) is 48.0 Å². The van der Waals surface area contributed by atoms with Crippen molar-refractivity contribution in [2.45, 2.75) is 66.6 Å². The number of rotatable bonds is 8. The van der Waals surface area contributed by atoms with Crippen LogP contribution in [-0.4, -0.2) is 52.9 Å². The monoisotopic (exact) mass is 336 g/mol. The highest BCUT2D eigenvalue weighted by atomic mass is 15.3. The van der Waals surface area contributed by atoms with Crippen LogP contribution in [-0.2, 0) is 13.6 Å². The van der Waals surface area contributed by atoms with E-state index < -0.39 is 0 Å². The minimum absolute atomic E-state index is 0.582. The highest BCUT2D eigenvalue weighted by molar-refractivity contribution is 5.79. The van der Waals surface area contributed by atoms with Gasteiger partial charge in [-0.25, -0.2) is 0 Å². The second kappa shape index (κ2) is 9.67. The van der Waals surface area contributed by atoms with Crippen molar-refractivity contribution in [3.8, 4) is 0 Å². The molecule has 6 heteroatoms. The van der Waals surface area contributed by atoms with E-state index in [0.29, 0.717) is 12.1 Å². The second-order valence-corrected chi connectivity index (χ2v) is 6.90. The van der Waals surface area contributed by atoms with Gasteiger partial charge in [-0.1, -0.05) is 0 Å². The molecule has 1 rings (SSSR count). The quantitative estimate of drug-likeness (QED) is 0.434. The van der Waals surface area contributed by atoms with E-state index in [4.69, 9.17) is 0 Å². The van der Waals surface area contributed by atoms with Crippen molar-refractivity contribution >= 4 is 5.96 Å². The molecule has 0 aliphatic carbocycles. The van der Waals surface area contributed by atoms with Gasteiger partial charge in [0.15, 0.2) is 5.96 Å². The fourth-order valence-electron chi connectivity index (χ4n) is 3.05. The summed E-state index contributed by atoms with van der Waals surface area (Å²) in [6.07, 6.45) is 1.10. The van der Waals surface area contributed by atoms with Crippen LogP contribution in [0.25, 0.3) is 0 Å². The van der Waals surface area contributed by atoms with E-state index in [-0.39, 0.29) is 0 Å². The molecule has 0 bridgehead atoms. The fraction of sp³-hybridized carbons (Fsp3) is 0.778. The summed E-state index contributed by atoms with van der Waals surface area (Å²) < 4.78 is 1.93. The van der Waals surface area contributed by atoms with Crippen LogP contribution >= 0.6 is 0 Å². The summed E-state index contributed by atoms with van der Waals surface area (Å²) in [5.41, 5.74) is 3.51. The number of guanidine groups is 1. The Hall–Kier alpha value is -1.56. The fourth-order valence-corrected chi connectivity index (χ4v) is 3.05. The van der Waals surface area contributed by atoms with E-state index in [9.17, 15) is 0 Å². The lowest BCUT2D eigenvalue weighted by Crippen LogP contribution is -2.41. The van der Waals surface area contributed by atoms with Gasteiger partial charge in [-0.15, -0.1) is 0 Å². The maximum atomic E-state index is 4.45. The van der Waals surface area contributed by atoms with Crippen molar-refractivity contribution < 1.29 is 0 Å². The van der Waals surface area contributed by atoms with Crippen LogP contribution in [0.4, 0.5) is 0 Å². The Kier molecular flexibility index (Phi) is 8.25. The average molecular weight is 337 g/mol. The summed E-state index contributed by atoms with van der Waals surface area (Å²) in [5.74, 6) is 0.846. The first-order chi connectivity index (χ1) is 11.3. The molecule has 0 atom stereocenters. The largest absolute Gasteiger partial charge is 0.356 e. The van der Waals surface area contributed by atoms with Crippen LogP contribution in [0.15, 0.2) is 4.99 Å². The third-order valence-corrected chi connectivity index (χ3v) is 4.53. The average Bonchev–Trinajstić information content (AvgIpc) is 2.74. The Morgan fingerprint density at radius 3 is 2.25 bits per heavy atom. The number of aliphatic imine (C=N–C) groups is 1. The standard InChI is InChI=1S/C18H36N6/c1-13(2)24(14(3)4)11-9-10-20-18(19-7)21-12-17-15(5)22-23(8)16(17)6/h13-14H,9-12H2,1-8H3,(H2,19,20,21). The predicted octanol–water partition coefficient (Wildman–Crippen LogP) is 2.21. The van der Waals surface area contributed by atoms with E-state index in [1.807, 2.05) is 25.7 Å². The summed E-state index contributed by atoms with van der Waals surface area (Å²) in [4.78, 5) is 6.82. The molecule has 1 heterocycles. The molecule has 2 N–H and O–H groups in total. The number of hydrogen-bond donors (Lipinski definition) is 2. The molecule has 0 saturated heterocycles. The zero-order valence-corrected chi connectivity index (χ0v) is 16.8. The maximum Gasteiger partial charge on any atom is 0.191 e. The normalized spacial score (nSPS) is 12.5. The van der Waals surface area contributed by atoms with Crippen LogP contribution in [0.3, 0.4) is 0 Å². The molecule has 0 fully saturated rings. The van der Waals surface area contributed by atoms with Gasteiger partial charge in [0.05, 0.1) is 5.69 Å². The molecular weight excluding hydrogens is 300 g/mol. The molecule has 138 valence electrons. The highest BCUT2D eigenvalue weighted by Gasteiger charge is 2.13. The lowest BCUT2D eigenvalue weighted by atomic mass is 10.2. The zero-order chi connectivity index (χ0) is 18.3.